The summed E-state index contributed by atoms with van der Waals surface area (Å²) in [7, 11) is 3.02. The van der Waals surface area contributed by atoms with Crippen molar-refractivity contribution in [2.75, 3.05) is 37.6 Å². The minimum absolute atomic E-state index is 0.0179. The Kier molecular flexibility index (Phi) is 8.13. The van der Waals surface area contributed by atoms with Gasteiger partial charge in [0.2, 0.25) is 0 Å². The minimum atomic E-state index is -3.00. The third-order valence-corrected chi connectivity index (χ3v) is 7.46. The SMILES string of the molecule is CO[C@@H]1COCCC1n1cccc(Nc2cc(N(C)C(=O)OC(C)(C)C)n3ncc(C(=O)N[C@H]4CCC4(F)F)c3n2)c1=O. The molecule has 3 aromatic heterocycles. The average molecular weight is 604 g/mol. The summed E-state index contributed by atoms with van der Waals surface area (Å²) in [4.78, 5) is 45.3. The summed E-state index contributed by atoms with van der Waals surface area (Å²) < 4.78 is 47.1. The summed E-state index contributed by atoms with van der Waals surface area (Å²) in [5.41, 5.74) is -1.08. The van der Waals surface area contributed by atoms with E-state index in [-0.39, 0.29) is 59.1 Å². The summed E-state index contributed by atoms with van der Waals surface area (Å²) in [6, 6.07) is 3.19. The lowest BCUT2D eigenvalue weighted by atomic mass is 9.88. The molecule has 1 saturated carbocycles. The first-order chi connectivity index (χ1) is 20.3. The number of amides is 2. The van der Waals surface area contributed by atoms with Crippen LogP contribution in [-0.2, 0) is 14.2 Å². The lowest BCUT2D eigenvalue weighted by Crippen LogP contribution is -2.55. The topological polar surface area (TPSA) is 141 Å². The number of carbonyl (C=O) groups excluding carboxylic acids is 2. The van der Waals surface area contributed by atoms with Gasteiger partial charge in [0.1, 0.15) is 34.6 Å². The number of halogens is 2. The molecule has 0 spiro atoms. The lowest BCUT2D eigenvalue weighted by molar-refractivity contribution is -0.102. The second-order valence-electron chi connectivity index (χ2n) is 11.6. The van der Waals surface area contributed by atoms with Crippen molar-refractivity contribution in [2.45, 2.75) is 69.7 Å². The molecule has 1 saturated heterocycles. The van der Waals surface area contributed by atoms with Gasteiger partial charge in [0.15, 0.2) is 5.65 Å². The molecule has 0 aromatic carbocycles. The maximum absolute atomic E-state index is 13.9. The van der Waals surface area contributed by atoms with Gasteiger partial charge < -0.3 is 29.4 Å². The van der Waals surface area contributed by atoms with Crippen LogP contribution in [0.4, 0.5) is 30.9 Å². The largest absolute Gasteiger partial charge is 0.443 e. The molecule has 0 radical (unpaired) electrons. The number of fused-ring (bicyclic) bond motifs is 1. The highest BCUT2D eigenvalue weighted by Crippen LogP contribution is 2.37. The Hall–Kier alpha value is -4.11. The zero-order valence-electron chi connectivity index (χ0n) is 24.6. The Morgan fingerprint density at radius 1 is 1.26 bits per heavy atom. The number of hydrogen-bond donors (Lipinski definition) is 2. The van der Waals surface area contributed by atoms with Gasteiger partial charge in [0.05, 0.1) is 24.9 Å². The van der Waals surface area contributed by atoms with Crippen LogP contribution in [0, 0.1) is 0 Å². The summed E-state index contributed by atoms with van der Waals surface area (Å²) in [6.07, 6.45) is 2.24. The monoisotopic (exact) mass is 603 g/mol. The summed E-state index contributed by atoms with van der Waals surface area (Å²) >= 11 is 0. The van der Waals surface area contributed by atoms with Crippen LogP contribution in [0.5, 0.6) is 0 Å². The van der Waals surface area contributed by atoms with Crippen LogP contribution in [0.2, 0.25) is 0 Å². The van der Waals surface area contributed by atoms with Gasteiger partial charge in [-0.2, -0.15) is 9.61 Å². The van der Waals surface area contributed by atoms with Crippen molar-refractivity contribution in [3.63, 3.8) is 0 Å². The lowest BCUT2D eigenvalue weighted by Gasteiger charge is -2.36. The second kappa shape index (κ2) is 11.5. The van der Waals surface area contributed by atoms with E-state index in [0.717, 1.165) is 0 Å². The van der Waals surface area contributed by atoms with Crippen LogP contribution >= 0.6 is 0 Å². The summed E-state index contributed by atoms with van der Waals surface area (Å²) in [6.45, 7) is 5.98. The molecule has 2 fully saturated rings. The van der Waals surface area contributed by atoms with E-state index in [1.165, 1.54) is 28.7 Å². The van der Waals surface area contributed by atoms with E-state index in [4.69, 9.17) is 14.2 Å². The number of nitrogens with zero attached hydrogens (tertiary/aromatic N) is 5. The van der Waals surface area contributed by atoms with E-state index >= 15 is 0 Å². The molecule has 0 bridgehead atoms. The normalized spacial score (nSPS) is 21.6. The first-order valence-electron chi connectivity index (χ1n) is 13.9. The van der Waals surface area contributed by atoms with Crippen LogP contribution in [0.1, 0.15) is 56.4 Å². The molecule has 2 N–H and O–H groups in total. The highest BCUT2D eigenvalue weighted by Gasteiger charge is 2.49. The van der Waals surface area contributed by atoms with E-state index in [1.807, 2.05) is 0 Å². The fourth-order valence-corrected chi connectivity index (χ4v) is 5.00. The zero-order valence-corrected chi connectivity index (χ0v) is 24.6. The number of nitrogens with one attached hydrogen (secondary N) is 2. The summed E-state index contributed by atoms with van der Waals surface area (Å²) in [5.74, 6) is -3.54. The molecule has 1 unspecified atom stereocenters. The zero-order chi connectivity index (χ0) is 31.1. The van der Waals surface area contributed by atoms with Crippen molar-refractivity contribution in [3.05, 3.63) is 46.5 Å². The van der Waals surface area contributed by atoms with Crippen LogP contribution < -0.4 is 21.1 Å². The molecule has 1 aliphatic heterocycles. The van der Waals surface area contributed by atoms with Gasteiger partial charge in [-0.25, -0.2) is 18.6 Å². The number of ether oxygens (including phenoxy) is 3. The van der Waals surface area contributed by atoms with E-state index in [2.05, 4.69) is 20.7 Å². The van der Waals surface area contributed by atoms with Crippen molar-refractivity contribution < 1.29 is 32.6 Å². The Bertz CT molecular complexity index is 1580. The van der Waals surface area contributed by atoms with Gasteiger partial charge in [0, 0.05) is 39.4 Å². The van der Waals surface area contributed by atoms with E-state index in [9.17, 15) is 23.2 Å². The molecule has 4 heterocycles. The minimum Gasteiger partial charge on any atom is -0.443 e. The fraction of sp³-hybridized carbons (Fsp3) is 0.536. The molecule has 1 aliphatic carbocycles. The number of pyridine rings is 1. The molecule has 3 aromatic rings. The Labute approximate surface area is 246 Å². The van der Waals surface area contributed by atoms with Gasteiger partial charge in [-0.15, -0.1) is 0 Å². The smallest absolute Gasteiger partial charge is 0.415 e. The van der Waals surface area contributed by atoms with Crippen molar-refractivity contribution in [3.8, 4) is 0 Å². The molecular weight excluding hydrogens is 568 g/mol. The van der Waals surface area contributed by atoms with E-state index in [0.29, 0.717) is 19.6 Å². The second-order valence-corrected chi connectivity index (χ2v) is 11.6. The number of aromatic nitrogens is 4. The van der Waals surface area contributed by atoms with Crippen molar-refractivity contribution >= 4 is 35.0 Å². The summed E-state index contributed by atoms with van der Waals surface area (Å²) in [5, 5.41) is 9.58. The molecule has 3 atom stereocenters. The van der Waals surface area contributed by atoms with E-state index < -0.39 is 29.6 Å². The molecule has 2 aliphatic rings. The van der Waals surface area contributed by atoms with Gasteiger partial charge in [-0.3, -0.25) is 14.5 Å². The van der Waals surface area contributed by atoms with Gasteiger partial charge in [-0.05, 0) is 45.7 Å². The number of hydrogen-bond acceptors (Lipinski definition) is 9. The predicted molar refractivity (Wildman–Crippen MR) is 152 cm³/mol. The number of alkyl halides is 2. The van der Waals surface area contributed by atoms with Crippen LogP contribution in [0.25, 0.3) is 5.65 Å². The highest BCUT2D eigenvalue weighted by atomic mass is 19.3. The van der Waals surface area contributed by atoms with E-state index in [1.54, 1.807) is 50.8 Å². The quantitative estimate of drug-likeness (QED) is 0.415. The van der Waals surface area contributed by atoms with Crippen molar-refractivity contribution in [2.24, 2.45) is 0 Å². The fourth-order valence-electron chi connectivity index (χ4n) is 5.00. The first-order valence-corrected chi connectivity index (χ1v) is 13.9. The first kappa shape index (κ1) is 30.4. The van der Waals surface area contributed by atoms with Gasteiger partial charge in [0.25, 0.3) is 17.4 Å². The number of methoxy groups -OCH3 is 1. The van der Waals surface area contributed by atoms with Gasteiger partial charge >= 0.3 is 6.09 Å². The third-order valence-electron chi connectivity index (χ3n) is 7.46. The molecule has 2 amide bonds. The molecule has 232 valence electrons. The van der Waals surface area contributed by atoms with Crippen molar-refractivity contribution in [1.82, 2.24) is 24.5 Å². The Morgan fingerprint density at radius 3 is 2.67 bits per heavy atom. The molecule has 13 nitrogen and oxygen atoms in total. The molecule has 15 heteroatoms. The standard InChI is InChI=1S/C28H35F2N7O6/c1-27(2,3)43-26(40)35(4)22-13-21(32-17-7-6-11-36(25(17)39)18-9-12-42-15-19(18)41-5)34-23-16(14-31-37(22)23)24(38)33-20-8-10-28(20,29)30/h6-7,11,13-14,18-20H,8-10,12,15H2,1-5H3,(H,32,34)(H,33,38)/t18?,19-,20+/m1/s1. The maximum atomic E-state index is 13.9. The third kappa shape index (κ3) is 6.18. The molecule has 43 heavy (non-hydrogen) atoms. The highest BCUT2D eigenvalue weighted by molar-refractivity contribution is 6.00. The maximum Gasteiger partial charge on any atom is 0.415 e. The Morgan fingerprint density at radius 2 is 2.02 bits per heavy atom. The number of rotatable bonds is 7. The van der Waals surface area contributed by atoms with Crippen LogP contribution in [-0.4, -0.2) is 82.2 Å². The number of carbonyl (C=O) groups is 2. The molecular formula is C28H35F2N7O6. The predicted octanol–water partition coefficient (Wildman–Crippen LogP) is 3.51. The van der Waals surface area contributed by atoms with Crippen molar-refractivity contribution in [1.29, 1.82) is 0 Å². The van der Waals surface area contributed by atoms with Crippen LogP contribution in [0.3, 0.4) is 0 Å². The Balaban J connectivity index is 1.54. The average Bonchev–Trinajstić information content (AvgIpc) is 3.39. The van der Waals surface area contributed by atoms with Crippen LogP contribution in [0.15, 0.2) is 35.4 Å². The number of anilines is 3. The van der Waals surface area contributed by atoms with Gasteiger partial charge in [-0.1, -0.05) is 0 Å². The molecule has 5 rings (SSSR count).